The van der Waals surface area contributed by atoms with Crippen molar-refractivity contribution in [1.29, 1.82) is 0 Å². The maximum atomic E-state index is 11.6. The lowest BCUT2D eigenvalue weighted by atomic mass is 10.0. The van der Waals surface area contributed by atoms with E-state index in [9.17, 15) is 4.79 Å². The van der Waals surface area contributed by atoms with Crippen molar-refractivity contribution in [3.63, 3.8) is 0 Å². The Hall–Kier alpha value is -2.42. The number of aliphatic imine (C=N–C) groups is 1. The van der Waals surface area contributed by atoms with Crippen molar-refractivity contribution < 1.29 is 9.53 Å². The molecule has 0 heterocycles. The van der Waals surface area contributed by atoms with Gasteiger partial charge in [-0.2, -0.15) is 0 Å². The fourth-order valence-corrected chi connectivity index (χ4v) is 2.43. The molecule has 0 amide bonds. The first-order chi connectivity index (χ1) is 10.5. The lowest BCUT2D eigenvalue weighted by molar-refractivity contribution is 0.0526. The van der Waals surface area contributed by atoms with E-state index in [0.717, 1.165) is 11.3 Å². The second-order valence-corrected chi connectivity index (χ2v) is 5.34. The van der Waals surface area contributed by atoms with Crippen molar-refractivity contribution in [1.82, 2.24) is 0 Å². The summed E-state index contributed by atoms with van der Waals surface area (Å²) in [7, 11) is 0. The van der Waals surface area contributed by atoms with Crippen LogP contribution < -0.4 is 0 Å². The van der Waals surface area contributed by atoms with Gasteiger partial charge < -0.3 is 4.74 Å². The third-order valence-electron chi connectivity index (χ3n) is 3.46. The molecule has 0 aliphatic heterocycles. The first-order valence-electron chi connectivity index (χ1n) is 7.40. The van der Waals surface area contributed by atoms with Crippen LogP contribution in [0.25, 0.3) is 0 Å². The van der Waals surface area contributed by atoms with Gasteiger partial charge in [0.2, 0.25) is 0 Å². The first-order valence-corrected chi connectivity index (χ1v) is 7.40. The van der Waals surface area contributed by atoms with Crippen LogP contribution in [0.5, 0.6) is 0 Å². The van der Waals surface area contributed by atoms with Crippen molar-refractivity contribution >= 4 is 17.9 Å². The quantitative estimate of drug-likeness (QED) is 0.613. The van der Waals surface area contributed by atoms with Crippen LogP contribution in [0.4, 0.5) is 5.69 Å². The number of hydrogen-bond donors (Lipinski definition) is 0. The maximum absolute atomic E-state index is 11.6. The standard InChI is InChI=1S/C19H21NO2/c1-5-22-19(21)16-6-8-17(9-7-16)20-12-18-14(3)10-13(2)11-15(18)4/h6-12H,5H2,1-4H3. The van der Waals surface area contributed by atoms with Gasteiger partial charge in [0.25, 0.3) is 0 Å². The molecule has 2 rings (SSSR count). The minimum Gasteiger partial charge on any atom is -0.462 e. The summed E-state index contributed by atoms with van der Waals surface area (Å²) in [6.07, 6.45) is 1.88. The first kappa shape index (κ1) is 16.0. The van der Waals surface area contributed by atoms with Gasteiger partial charge in [-0.15, -0.1) is 0 Å². The summed E-state index contributed by atoms with van der Waals surface area (Å²) in [6, 6.07) is 11.4. The van der Waals surface area contributed by atoms with Crippen molar-refractivity contribution in [2.75, 3.05) is 6.61 Å². The Morgan fingerprint density at radius 2 is 1.68 bits per heavy atom. The normalized spacial score (nSPS) is 10.9. The van der Waals surface area contributed by atoms with Crippen LogP contribution in [0.2, 0.25) is 0 Å². The molecule has 0 aromatic heterocycles. The number of benzene rings is 2. The van der Waals surface area contributed by atoms with Gasteiger partial charge in [-0.3, -0.25) is 4.99 Å². The van der Waals surface area contributed by atoms with Crippen molar-refractivity contribution in [3.8, 4) is 0 Å². The molecule has 0 spiro atoms. The Balaban J connectivity index is 2.19. The average molecular weight is 295 g/mol. The minimum absolute atomic E-state index is 0.303. The van der Waals surface area contributed by atoms with E-state index in [2.05, 4.69) is 37.9 Å². The van der Waals surface area contributed by atoms with Crippen LogP contribution in [0.1, 0.15) is 39.5 Å². The van der Waals surface area contributed by atoms with Crippen LogP contribution in [-0.2, 0) is 4.74 Å². The molecule has 0 atom stereocenters. The van der Waals surface area contributed by atoms with E-state index >= 15 is 0 Å². The predicted molar refractivity (Wildman–Crippen MR) is 90.3 cm³/mol. The summed E-state index contributed by atoms with van der Waals surface area (Å²) in [5.74, 6) is -0.303. The predicted octanol–water partition coefficient (Wildman–Crippen LogP) is 4.54. The highest BCUT2D eigenvalue weighted by atomic mass is 16.5. The Kier molecular flexibility index (Phi) is 5.10. The van der Waals surface area contributed by atoms with Crippen LogP contribution in [0.15, 0.2) is 41.4 Å². The topological polar surface area (TPSA) is 38.7 Å². The zero-order chi connectivity index (χ0) is 16.1. The van der Waals surface area contributed by atoms with Gasteiger partial charge >= 0.3 is 5.97 Å². The molecule has 2 aromatic rings. The highest BCUT2D eigenvalue weighted by Gasteiger charge is 2.05. The lowest BCUT2D eigenvalue weighted by Crippen LogP contribution is -2.03. The van der Waals surface area contributed by atoms with E-state index in [1.165, 1.54) is 16.7 Å². The van der Waals surface area contributed by atoms with Gasteiger partial charge in [-0.05, 0) is 68.7 Å². The molecule has 22 heavy (non-hydrogen) atoms. The number of hydrogen-bond acceptors (Lipinski definition) is 3. The zero-order valence-electron chi connectivity index (χ0n) is 13.5. The van der Waals surface area contributed by atoms with Crippen LogP contribution >= 0.6 is 0 Å². The summed E-state index contributed by atoms with van der Waals surface area (Å²) in [5, 5.41) is 0. The molecule has 3 heteroatoms. The number of ether oxygens (including phenoxy) is 1. The summed E-state index contributed by atoms with van der Waals surface area (Å²) in [6.45, 7) is 8.44. The maximum Gasteiger partial charge on any atom is 0.338 e. The fraction of sp³-hybridized carbons (Fsp3) is 0.263. The Bertz CT molecular complexity index is 677. The van der Waals surface area contributed by atoms with Crippen LogP contribution in [0.3, 0.4) is 0 Å². The molecule has 0 saturated heterocycles. The van der Waals surface area contributed by atoms with E-state index in [-0.39, 0.29) is 5.97 Å². The summed E-state index contributed by atoms with van der Waals surface area (Å²) in [5.41, 5.74) is 6.18. The van der Waals surface area contributed by atoms with E-state index in [0.29, 0.717) is 12.2 Å². The number of rotatable bonds is 4. The van der Waals surface area contributed by atoms with Crippen molar-refractivity contribution in [2.24, 2.45) is 4.99 Å². The molecule has 0 N–H and O–H groups in total. The average Bonchev–Trinajstić information content (AvgIpc) is 2.47. The number of aryl methyl sites for hydroxylation is 3. The molecular formula is C19H21NO2. The molecule has 0 aliphatic rings. The Labute approximate surface area is 131 Å². The third kappa shape index (κ3) is 3.82. The van der Waals surface area contributed by atoms with E-state index in [4.69, 9.17) is 4.74 Å². The van der Waals surface area contributed by atoms with Gasteiger partial charge in [0.15, 0.2) is 0 Å². The van der Waals surface area contributed by atoms with Gasteiger partial charge in [0, 0.05) is 6.21 Å². The van der Waals surface area contributed by atoms with Crippen LogP contribution in [-0.4, -0.2) is 18.8 Å². The molecule has 3 nitrogen and oxygen atoms in total. The Morgan fingerprint density at radius 1 is 1.09 bits per heavy atom. The highest BCUT2D eigenvalue weighted by Crippen LogP contribution is 2.17. The SMILES string of the molecule is CCOC(=O)c1ccc(N=Cc2c(C)cc(C)cc2C)cc1. The number of carbonyl (C=O) groups is 1. The van der Waals surface area contributed by atoms with Crippen molar-refractivity contribution in [2.45, 2.75) is 27.7 Å². The van der Waals surface area contributed by atoms with E-state index in [1.807, 2.05) is 18.3 Å². The molecule has 2 aromatic carbocycles. The molecule has 0 bridgehead atoms. The van der Waals surface area contributed by atoms with Gasteiger partial charge in [-0.1, -0.05) is 17.7 Å². The number of nitrogens with zero attached hydrogens (tertiary/aromatic N) is 1. The fourth-order valence-electron chi connectivity index (χ4n) is 2.43. The van der Waals surface area contributed by atoms with Gasteiger partial charge in [0.05, 0.1) is 17.9 Å². The largest absolute Gasteiger partial charge is 0.462 e. The number of esters is 1. The summed E-state index contributed by atoms with van der Waals surface area (Å²) in [4.78, 5) is 16.1. The lowest BCUT2D eigenvalue weighted by Gasteiger charge is -2.06. The van der Waals surface area contributed by atoms with Gasteiger partial charge in [-0.25, -0.2) is 4.79 Å². The number of carbonyl (C=O) groups excluding carboxylic acids is 1. The third-order valence-corrected chi connectivity index (χ3v) is 3.46. The molecule has 0 saturated carbocycles. The minimum atomic E-state index is -0.303. The molecule has 0 radical (unpaired) electrons. The monoisotopic (exact) mass is 295 g/mol. The highest BCUT2D eigenvalue weighted by molar-refractivity contribution is 5.90. The van der Waals surface area contributed by atoms with Crippen molar-refractivity contribution in [3.05, 3.63) is 64.2 Å². The van der Waals surface area contributed by atoms with Crippen LogP contribution in [0, 0.1) is 20.8 Å². The summed E-state index contributed by atoms with van der Waals surface area (Å²) < 4.78 is 4.96. The van der Waals surface area contributed by atoms with E-state index < -0.39 is 0 Å². The molecule has 0 aliphatic carbocycles. The smallest absolute Gasteiger partial charge is 0.338 e. The molecule has 0 fully saturated rings. The second kappa shape index (κ2) is 7.03. The Morgan fingerprint density at radius 3 is 2.23 bits per heavy atom. The summed E-state index contributed by atoms with van der Waals surface area (Å²) >= 11 is 0. The second-order valence-electron chi connectivity index (χ2n) is 5.34. The molecular weight excluding hydrogens is 274 g/mol. The van der Waals surface area contributed by atoms with E-state index in [1.54, 1.807) is 19.1 Å². The molecule has 0 unspecified atom stereocenters. The molecule has 114 valence electrons. The zero-order valence-corrected chi connectivity index (χ0v) is 13.5. The van der Waals surface area contributed by atoms with Gasteiger partial charge in [0.1, 0.15) is 0 Å².